The number of nitrogens with one attached hydrogen (secondary N) is 2. The van der Waals surface area contributed by atoms with E-state index in [1.54, 1.807) is 37.4 Å². The molecule has 0 atom stereocenters. The third-order valence-corrected chi connectivity index (χ3v) is 6.63. The minimum absolute atomic E-state index is 0.144. The topological polar surface area (TPSA) is 98.1 Å². The first-order valence-electron chi connectivity index (χ1n) is 11.8. The smallest absolute Gasteiger partial charge is 0.251 e. The molecule has 2 N–H and O–H groups in total. The van der Waals surface area contributed by atoms with Gasteiger partial charge in [0.05, 0.1) is 25.1 Å². The lowest BCUT2D eigenvalue weighted by Gasteiger charge is -2.14. The number of hydrogen-bond donors (Lipinski definition) is 2. The fourth-order valence-electron chi connectivity index (χ4n) is 3.76. The molecule has 0 aliphatic carbocycles. The number of carbonyl (C=O) groups excluding carboxylic acids is 2. The molecule has 190 valence electrons. The standard InChI is InChI=1S/C28H29N5O3S/c1-18-6-5-7-21(14-18)27(35)29-16-25-31-32-28(33(25)24-15-19(2)8-9-20(24)3)37-17-26(34)30-22-10-12-23(36-4)13-11-22/h5-15H,16-17H2,1-4H3,(H,29,35)(H,30,34). The highest BCUT2D eigenvalue weighted by molar-refractivity contribution is 7.99. The molecular weight excluding hydrogens is 486 g/mol. The van der Waals surface area contributed by atoms with E-state index in [0.717, 1.165) is 28.1 Å². The number of ether oxygens (including phenoxy) is 1. The Kier molecular flexibility index (Phi) is 8.25. The lowest BCUT2D eigenvalue weighted by atomic mass is 10.1. The highest BCUT2D eigenvalue weighted by Crippen LogP contribution is 2.26. The Bertz CT molecular complexity index is 1420. The fraction of sp³-hybridized carbons (Fsp3) is 0.214. The van der Waals surface area contributed by atoms with Crippen molar-refractivity contribution in [2.45, 2.75) is 32.5 Å². The molecule has 4 aromatic rings. The lowest BCUT2D eigenvalue weighted by molar-refractivity contribution is -0.113. The van der Waals surface area contributed by atoms with Crippen LogP contribution in [0.3, 0.4) is 0 Å². The van der Waals surface area contributed by atoms with Crippen LogP contribution in [0.25, 0.3) is 5.69 Å². The van der Waals surface area contributed by atoms with Gasteiger partial charge in [0.2, 0.25) is 5.91 Å². The summed E-state index contributed by atoms with van der Waals surface area (Å²) in [6.07, 6.45) is 0. The molecule has 0 bridgehead atoms. The van der Waals surface area contributed by atoms with E-state index in [0.29, 0.717) is 22.2 Å². The number of anilines is 1. The van der Waals surface area contributed by atoms with Crippen molar-refractivity contribution in [2.24, 2.45) is 0 Å². The van der Waals surface area contributed by atoms with Gasteiger partial charge in [-0.05, 0) is 74.4 Å². The molecule has 0 aliphatic rings. The minimum atomic E-state index is -0.188. The van der Waals surface area contributed by atoms with Crippen LogP contribution in [-0.2, 0) is 11.3 Å². The summed E-state index contributed by atoms with van der Waals surface area (Å²) in [5.74, 6) is 1.08. The Morgan fingerprint density at radius 2 is 1.70 bits per heavy atom. The maximum Gasteiger partial charge on any atom is 0.251 e. The Balaban J connectivity index is 1.53. The van der Waals surface area contributed by atoms with E-state index < -0.39 is 0 Å². The Morgan fingerprint density at radius 3 is 2.43 bits per heavy atom. The number of nitrogens with zero attached hydrogens (tertiary/aromatic N) is 3. The summed E-state index contributed by atoms with van der Waals surface area (Å²) in [6, 6.07) is 20.7. The second kappa shape index (κ2) is 11.7. The summed E-state index contributed by atoms with van der Waals surface area (Å²) < 4.78 is 7.07. The zero-order valence-electron chi connectivity index (χ0n) is 21.2. The SMILES string of the molecule is COc1ccc(NC(=O)CSc2nnc(CNC(=O)c3cccc(C)c3)n2-c2cc(C)ccc2C)cc1. The second-order valence-corrected chi connectivity index (χ2v) is 9.58. The van der Waals surface area contributed by atoms with Crippen LogP contribution in [0.5, 0.6) is 5.75 Å². The molecule has 0 fully saturated rings. The molecule has 0 saturated heterocycles. The van der Waals surface area contributed by atoms with Gasteiger partial charge in [0.25, 0.3) is 5.91 Å². The lowest BCUT2D eigenvalue weighted by Crippen LogP contribution is -2.25. The highest BCUT2D eigenvalue weighted by Gasteiger charge is 2.18. The number of benzene rings is 3. The number of amides is 2. The third-order valence-electron chi connectivity index (χ3n) is 5.70. The first-order chi connectivity index (χ1) is 17.8. The highest BCUT2D eigenvalue weighted by atomic mass is 32.2. The first-order valence-corrected chi connectivity index (χ1v) is 12.8. The molecule has 1 heterocycles. The van der Waals surface area contributed by atoms with E-state index in [1.165, 1.54) is 11.8 Å². The van der Waals surface area contributed by atoms with E-state index in [1.807, 2.05) is 61.7 Å². The molecule has 9 heteroatoms. The van der Waals surface area contributed by atoms with E-state index in [2.05, 4.69) is 20.8 Å². The van der Waals surface area contributed by atoms with Gasteiger partial charge in [0.1, 0.15) is 5.75 Å². The monoisotopic (exact) mass is 515 g/mol. The maximum atomic E-state index is 12.7. The predicted octanol–water partition coefficient (Wildman–Crippen LogP) is 4.86. The fourth-order valence-corrected chi connectivity index (χ4v) is 4.52. The first kappa shape index (κ1) is 26.0. The van der Waals surface area contributed by atoms with Crippen molar-refractivity contribution in [3.05, 3.63) is 94.8 Å². The predicted molar refractivity (Wildman–Crippen MR) is 146 cm³/mol. The summed E-state index contributed by atoms with van der Waals surface area (Å²) in [5, 5.41) is 15.1. The quantitative estimate of drug-likeness (QED) is 0.309. The van der Waals surface area contributed by atoms with Gasteiger partial charge in [-0.25, -0.2) is 0 Å². The summed E-state index contributed by atoms with van der Waals surface area (Å²) in [6.45, 7) is 6.16. The largest absolute Gasteiger partial charge is 0.497 e. The molecule has 4 rings (SSSR count). The Hall–Kier alpha value is -4.11. The van der Waals surface area contributed by atoms with E-state index in [4.69, 9.17) is 4.74 Å². The number of carbonyl (C=O) groups is 2. The molecule has 37 heavy (non-hydrogen) atoms. The Morgan fingerprint density at radius 1 is 0.946 bits per heavy atom. The van der Waals surface area contributed by atoms with Crippen LogP contribution in [0.4, 0.5) is 5.69 Å². The van der Waals surface area contributed by atoms with Gasteiger partial charge in [0.15, 0.2) is 11.0 Å². The maximum absolute atomic E-state index is 12.7. The van der Waals surface area contributed by atoms with Crippen LogP contribution in [0.2, 0.25) is 0 Å². The number of aryl methyl sites for hydroxylation is 3. The van der Waals surface area contributed by atoms with E-state index in [-0.39, 0.29) is 24.1 Å². The van der Waals surface area contributed by atoms with Crippen molar-refractivity contribution in [1.29, 1.82) is 0 Å². The van der Waals surface area contributed by atoms with Crippen LogP contribution in [0.15, 0.2) is 71.9 Å². The van der Waals surface area contributed by atoms with Gasteiger partial charge in [-0.15, -0.1) is 10.2 Å². The number of hydrogen-bond acceptors (Lipinski definition) is 6. The molecule has 8 nitrogen and oxygen atoms in total. The average Bonchev–Trinajstić information content (AvgIpc) is 3.30. The number of rotatable bonds is 9. The number of thioether (sulfide) groups is 1. The zero-order valence-corrected chi connectivity index (χ0v) is 22.1. The van der Waals surface area contributed by atoms with Crippen molar-refractivity contribution < 1.29 is 14.3 Å². The number of methoxy groups -OCH3 is 1. The van der Waals surface area contributed by atoms with Crippen LogP contribution in [-0.4, -0.2) is 39.4 Å². The number of aromatic nitrogens is 3. The molecule has 1 aromatic heterocycles. The van der Waals surface area contributed by atoms with E-state index >= 15 is 0 Å². The summed E-state index contributed by atoms with van der Waals surface area (Å²) in [4.78, 5) is 25.4. The molecule has 0 spiro atoms. The Labute approximate surface area is 220 Å². The minimum Gasteiger partial charge on any atom is -0.497 e. The zero-order chi connectivity index (χ0) is 26.4. The van der Waals surface area contributed by atoms with E-state index in [9.17, 15) is 9.59 Å². The molecule has 0 aliphatic heterocycles. The summed E-state index contributed by atoms with van der Waals surface area (Å²) >= 11 is 1.28. The molecule has 0 saturated carbocycles. The van der Waals surface area contributed by atoms with Crippen LogP contribution in [0.1, 0.15) is 32.9 Å². The normalized spacial score (nSPS) is 10.7. The summed E-state index contributed by atoms with van der Waals surface area (Å²) in [7, 11) is 1.60. The van der Waals surface area contributed by atoms with Gasteiger partial charge in [-0.1, -0.05) is 41.6 Å². The van der Waals surface area contributed by atoms with Gasteiger partial charge in [-0.2, -0.15) is 0 Å². The van der Waals surface area contributed by atoms with Crippen molar-refractivity contribution in [2.75, 3.05) is 18.2 Å². The molecular formula is C28H29N5O3S. The van der Waals surface area contributed by atoms with Crippen molar-refractivity contribution >= 4 is 29.3 Å². The van der Waals surface area contributed by atoms with Crippen molar-refractivity contribution in [1.82, 2.24) is 20.1 Å². The van der Waals surface area contributed by atoms with Gasteiger partial charge >= 0.3 is 0 Å². The molecule has 2 amide bonds. The molecule has 0 radical (unpaired) electrons. The van der Waals surface area contributed by atoms with Crippen molar-refractivity contribution in [3.63, 3.8) is 0 Å². The van der Waals surface area contributed by atoms with Gasteiger partial charge in [0, 0.05) is 11.3 Å². The molecule has 3 aromatic carbocycles. The molecule has 0 unspecified atom stereocenters. The summed E-state index contributed by atoms with van der Waals surface area (Å²) in [5.41, 5.74) is 5.30. The van der Waals surface area contributed by atoms with Crippen LogP contribution in [0, 0.1) is 20.8 Å². The average molecular weight is 516 g/mol. The second-order valence-electron chi connectivity index (χ2n) is 8.64. The van der Waals surface area contributed by atoms with Crippen molar-refractivity contribution in [3.8, 4) is 11.4 Å². The van der Waals surface area contributed by atoms with Gasteiger partial charge < -0.3 is 15.4 Å². The third kappa shape index (κ3) is 6.56. The van der Waals surface area contributed by atoms with Crippen LogP contribution >= 0.6 is 11.8 Å². The van der Waals surface area contributed by atoms with Gasteiger partial charge in [-0.3, -0.25) is 14.2 Å². The van der Waals surface area contributed by atoms with Crippen LogP contribution < -0.4 is 15.4 Å².